The second kappa shape index (κ2) is 6.11. The van der Waals surface area contributed by atoms with E-state index in [-0.39, 0.29) is 0 Å². The highest BCUT2D eigenvalue weighted by atomic mass is 35.5. The van der Waals surface area contributed by atoms with Gasteiger partial charge in [-0.05, 0) is 17.7 Å². The number of rotatable bonds is 4. The van der Waals surface area contributed by atoms with Crippen LogP contribution in [-0.2, 0) is 13.1 Å². The van der Waals surface area contributed by atoms with Gasteiger partial charge in [-0.15, -0.1) is 0 Å². The van der Waals surface area contributed by atoms with Crippen LogP contribution in [-0.4, -0.2) is 28.4 Å². The van der Waals surface area contributed by atoms with Crippen molar-refractivity contribution in [1.29, 1.82) is 0 Å². The number of benzene rings is 1. The van der Waals surface area contributed by atoms with Gasteiger partial charge in [0.2, 0.25) is 0 Å². The summed E-state index contributed by atoms with van der Waals surface area (Å²) in [6, 6.07) is 3.85. The standard InChI is InChI=1S/C13H15ClN4O2/c14-10-4-9(6-15-7-12-16-8-17-18-12)5-11-13(10)20-3-1-2-19-11/h4-5,8,15H,1-3,6-7H2,(H,16,17,18). The molecular formula is C13H15ClN4O2. The molecule has 0 fully saturated rings. The van der Waals surface area contributed by atoms with Gasteiger partial charge in [0.25, 0.3) is 0 Å². The first-order chi connectivity index (χ1) is 9.83. The zero-order chi connectivity index (χ0) is 13.8. The average molecular weight is 295 g/mol. The molecule has 0 bridgehead atoms. The summed E-state index contributed by atoms with van der Waals surface area (Å²) in [4.78, 5) is 4.05. The fraction of sp³-hybridized carbons (Fsp3) is 0.385. The monoisotopic (exact) mass is 294 g/mol. The van der Waals surface area contributed by atoms with Gasteiger partial charge in [0.1, 0.15) is 12.2 Å². The number of nitrogens with zero attached hydrogens (tertiary/aromatic N) is 2. The number of hydrogen-bond acceptors (Lipinski definition) is 5. The lowest BCUT2D eigenvalue weighted by Gasteiger charge is -2.11. The lowest BCUT2D eigenvalue weighted by Crippen LogP contribution is -2.14. The Kier molecular flexibility index (Phi) is 4.03. The smallest absolute Gasteiger partial charge is 0.179 e. The van der Waals surface area contributed by atoms with Gasteiger partial charge in [-0.1, -0.05) is 11.6 Å². The van der Waals surface area contributed by atoms with Crippen LogP contribution in [0, 0.1) is 0 Å². The van der Waals surface area contributed by atoms with E-state index in [0.29, 0.717) is 42.8 Å². The molecular weight excluding hydrogens is 280 g/mol. The molecule has 20 heavy (non-hydrogen) atoms. The van der Waals surface area contributed by atoms with Crippen molar-refractivity contribution in [3.8, 4) is 11.5 Å². The molecule has 1 aliphatic rings. The van der Waals surface area contributed by atoms with Gasteiger partial charge < -0.3 is 14.8 Å². The van der Waals surface area contributed by atoms with Gasteiger partial charge >= 0.3 is 0 Å². The van der Waals surface area contributed by atoms with Gasteiger partial charge in [0.15, 0.2) is 11.5 Å². The summed E-state index contributed by atoms with van der Waals surface area (Å²) in [5.74, 6) is 2.15. The molecule has 2 aromatic rings. The maximum absolute atomic E-state index is 6.24. The molecule has 1 aromatic carbocycles. The fourth-order valence-corrected chi connectivity index (χ4v) is 2.32. The SMILES string of the molecule is Clc1cc(CNCc2ncn[nH]2)cc2c1OCCCO2. The van der Waals surface area contributed by atoms with Crippen LogP contribution in [0.2, 0.25) is 5.02 Å². The summed E-state index contributed by atoms with van der Waals surface area (Å²) >= 11 is 6.24. The molecule has 0 unspecified atom stereocenters. The molecule has 3 rings (SSSR count). The van der Waals surface area contributed by atoms with Crippen LogP contribution >= 0.6 is 11.6 Å². The fourth-order valence-electron chi connectivity index (χ4n) is 2.03. The summed E-state index contributed by atoms with van der Waals surface area (Å²) in [6.45, 7) is 2.57. The predicted octanol–water partition coefficient (Wildman–Crippen LogP) is 1.91. The van der Waals surface area contributed by atoms with Crippen molar-refractivity contribution in [3.05, 3.63) is 34.9 Å². The lowest BCUT2D eigenvalue weighted by atomic mass is 10.2. The molecule has 0 amide bonds. The minimum Gasteiger partial charge on any atom is -0.489 e. The van der Waals surface area contributed by atoms with E-state index in [1.807, 2.05) is 12.1 Å². The Morgan fingerprint density at radius 3 is 3.00 bits per heavy atom. The van der Waals surface area contributed by atoms with Crippen LogP contribution in [0.4, 0.5) is 0 Å². The molecule has 0 spiro atoms. The highest BCUT2D eigenvalue weighted by molar-refractivity contribution is 6.32. The normalized spacial score (nSPS) is 14.1. The first kappa shape index (κ1) is 13.2. The van der Waals surface area contributed by atoms with E-state index in [1.54, 1.807) is 0 Å². The topological polar surface area (TPSA) is 72.1 Å². The molecule has 7 heteroatoms. The quantitative estimate of drug-likeness (QED) is 0.901. The van der Waals surface area contributed by atoms with Gasteiger partial charge in [-0.25, -0.2) is 4.98 Å². The highest BCUT2D eigenvalue weighted by Gasteiger charge is 2.15. The zero-order valence-electron chi connectivity index (χ0n) is 10.9. The van der Waals surface area contributed by atoms with Crippen molar-refractivity contribution < 1.29 is 9.47 Å². The minimum atomic E-state index is 0.584. The van der Waals surface area contributed by atoms with Crippen molar-refractivity contribution >= 4 is 11.6 Å². The van der Waals surface area contributed by atoms with Crippen molar-refractivity contribution in [2.75, 3.05) is 13.2 Å². The number of fused-ring (bicyclic) bond motifs is 1. The van der Waals surface area contributed by atoms with E-state index in [1.165, 1.54) is 6.33 Å². The zero-order valence-corrected chi connectivity index (χ0v) is 11.6. The summed E-state index contributed by atoms with van der Waals surface area (Å²) in [7, 11) is 0. The van der Waals surface area contributed by atoms with E-state index >= 15 is 0 Å². The van der Waals surface area contributed by atoms with Crippen molar-refractivity contribution in [2.24, 2.45) is 0 Å². The lowest BCUT2D eigenvalue weighted by molar-refractivity contribution is 0.297. The molecule has 1 aliphatic heterocycles. The third kappa shape index (κ3) is 3.02. The van der Waals surface area contributed by atoms with Crippen LogP contribution < -0.4 is 14.8 Å². The van der Waals surface area contributed by atoms with Crippen molar-refractivity contribution in [2.45, 2.75) is 19.5 Å². The Bertz CT molecular complexity index is 574. The number of aromatic nitrogens is 3. The molecule has 0 saturated heterocycles. The van der Waals surface area contributed by atoms with Crippen LogP contribution in [0.3, 0.4) is 0 Å². The molecule has 2 N–H and O–H groups in total. The molecule has 1 aromatic heterocycles. The molecule has 0 atom stereocenters. The largest absolute Gasteiger partial charge is 0.489 e. The number of hydrogen-bond donors (Lipinski definition) is 2. The van der Waals surface area contributed by atoms with Crippen LogP contribution in [0.15, 0.2) is 18.5 Å². The van der Waals surface area contributed by atoms with E-state index in [2.05, 4.69) is 20.5 Å². The molecule has 106 valence electrons. The Balaban J connectivity index is 1.67. The van der Waals surface area contributed by atoms with Gasteiger partial charge in [-0.2, -0.15) is 5.10 Å². The number of halogens is 1. The Morgan fingerprint density at radius 1 is 1.25 bits per heavy atom. The molecule has 2 heterocycles. The molecule has 0 radical (unpaired) electrons. The van der Waals surface area contributed by atoms with E-state index in [4.69, 9.17) is 21.1 Å². The van der Waals surface area contributed by atoms with Crippen molar-refractivity contribution in [1.82, 2.24) is 20.5 Å². The maximum Gasteiger partial charge on any atom is 0.179 e. The van der Waals surface area contributed by atoms with Crippen molar-refractivity contribution in [3.63, 3.8) is 0 Å². The van der Waals surface area contributed by atoms with Crippen LogP contribution in [0.1, 0.15) is 17.8 Å². The number of ether oxygens (including phenoxy) is 2. The summed E-state index contributed by atoms with van der Waals surface area (Å²) < 4.78 is 11.3. The number of H-pyrrole nitrogens is 1. The minimum absolute atomic E-state index is 0.584. The van der Waals surface area contributed by atoms with Crippen LogP contribution in [0.25, 0.3) is 0 Å². The average Bonchev–Trinajstić information content (AvgIpc) is 2.83. The third-order valence-electron chi connectivity index (χ3n) is 2.95. The van der Waals surface area contributed by atoms with E-state index in [9.17, 15) is 0 Å². The highest BCUT2D eigenvalue weighted by Crippen LogP contribution is 2.37. The van der Waals surface area contributed by atoms with Gasteiger partial charge in [0.05, 0.1) is 24.8 Å². The third-order valence-corrected chi connectivity index (χ3v) is 3.23. The van der Waals surface area contributed by atoms with E-state index in [0.717, 1.165) is 17.8 Å². The summed E-state index contributed by atoms with van der Waals surface area (Å²) in [5, 5.41) is 10.4. The first-order valence-electron chi connectivity index (χ1n) is 6.46. The summed E-state index contributed by atoms with van der Waals surface area (Å²) in [6.07, 6.45) is 2.35. The molecule has 0 aliphatic carbocycles. The van der Waals surface area contributed by atoms with Gasteiger partial charge in [-0.3, -0.25) is 5.10 Å². The predicted molar refractivity (Wildman–Crippen MR) is 74.0 cm³/mol. The maximum atomic E-state index is 6.24. The second-order valence-corrected chi connectivity index (χ2v) is 4.90. The molecule has 6 nitrogen and oxygen atoms in total. The second-order valence-electron chi connectivity index (χ2n) is 4.49. The van der Waals surface area contributed by atoms with E-state index < -0.39 is 0 Å². The Hall–Kier alpha value is -1.79. The molecule has 0 saturated carbocycles. The first-order valence-corrected chi connectivity index (χ1v) is 6.84. The number of aromatic amines is 1. The Labute approximate surface area is 121 Å². The number of nitrogens with one attached hydrogen (secondary N) is 2. The van der Waals surface area contributed by atoms with Gasteiger partial charge in [0, 0.05) is 13.0 Å². The Morgan fingerprint density at radius 2 is 2.15 bits per heavy atom. The summed E-state index contributed by atoms with van der Waals surface area (Å²) in [5.41, 5.74) is 1.04. The van der Waals surface area contributed by atoms with Crippen LogP contribution in [0.5, 0.6) is 11.5 Å².